The Morgan fingerprint density at radius 3 is 2.78 bits per heavy atom. The number of para-hydroxylation sites is 1. The van der Waals surface area contributed by atoms with Crippen LogP contribution in [0.25, 0.3) is 0 Å². The van der Waals surface area contributed by atoms with Gasteiger partial charge in [-0.3, -0.25) is 0 Å². The molecule has 102 valence electrons. The van der Waals surface area contributed by atoms with Gasteiger partial charge in [-0.05, 0) is 44.4 Å². The normalized spacial score (nSPS) is 12.2. The minimum absolute atomic E-state index is 0.469. The second-order valence-corrected chi connectivity index (χ2v) is 5.35. The van der Waals surface area contributed by atoms with Gasteiger partial charge in [0.15, 0.2) is 0 Å². The Balaban J connectivity index is 2.84. The molecule has 0 spiro atoms. The zero-order valence-corrected chi connectivity index (χ0v) is 12.6. The van der Waals surface area contributed by atoms with E-state index in [0.29, 0.717) is 12.6 Å². The van der Waals surface area contributed by atoms with Crippen LogP contribution < -0.4 is 15.4 Å². The van der Waals surface area contributed by atoms with Crippen molar-refractivity contribution in [1.29, 1.82) is 0 Å². The van der Waals surface area contributed by atoms with Gasteiger partial charge in [-0.15, -0.1) is 0 Å². The van der Waals surface area contributed by atoms with Crippen molar-refractivity contribution in [3.05, 3.63) is 18.2 Å². The number of anilines is 2. The van der Waals surface area contributed by atoms with E-state index in [0.717, 1.165) is 29.3 Å². The molecule has 0 amide bonds. The van der Waals surface area contributed by atoms with Crippen LogP contribution >= 0.6 is 11.8 Å². The summed E-state index contributed by atoms with van der Waals surface area (Å²) in [6.07, 6.45) is 3.28. The van der Waals surface area contributed by atoms with Gasteiger partial charge in [0, 0.05) is 13.1 Å². The molecule has 2 N–H and O–H groups in total. The molecule has 0 aliphatic rings. The van der Waals surface area contributed by atoms with Crippen molar-refractivity contribution in [3.8, 4) is 5.75 Å². The summed E-state index contributed by atoms with van der Waals surface area (Å²) in [5, 5.41) is 0. The van der Waals surface area contributed by atoms with Gasteiger partial charge in [-0.2, -0.15) is 11.8 Å². The summed E-state index contributed by atoms with van der Waals surface area (Å²) in [6, 6.07) is 6.43. The first kappa shape index (κ1) is 15.0. The van der Waals surface area contributed by atoms with Crippen molar-refractivity contribution in [2.24, 2.45) is 0 Å². The minimum atomic E-state index is 0.469. The van der Waals surface area contributed by atoms with E-state index in [1.807, 2.05) is 36.9 Å². The number of nitrogen functional groups attached to an aromatic ring is 1. The van der Waals surface area contributed by atoms with Crippen molar-refractivity contribution in [3.63, 3.8) is 0 Å². The third-order valence-corrected chi connectivity index (χ3v) is 3.77. The van der Waals surface area contributed by atoms with Crippen LogP contribution in [0.2, 0.25) is 0 Å². The Bertz CT molecular complexity index is 371. The topological polar surface area (TPSA) is 38.5 Å². The van der Waals surface area contributed by atoms with Crippen molar-refractivity contribution < 1.29 is 4.74 Å². The minimum Gasteiger partial charge on any atom is -0.492 e. The number of thioether (sulfide) groups is 1. The van der Waals surface area contributed by atoms with Gasteiger partial charge in [0.1, 0.15) is 5.75 Å². The van der Waals surface area contributed by atoms with Crippen molar-refractivity contribution >= 4 is 23.1 Å². The predicted octanol–water partition coefficient (Wildman–Crippen LogP) is 3.25. The highest BCUT2D eigenvalue weighted by atomic mass is 32.2. The highest BCUT2D eigenvalue weighted by molar-refractivity contribution is 7.98. The molecule has 1 rings (SSSR count). The Kier molecular flexibility index (Phi) is 6.19. The molecular formula is C14H24N2OS. The van der Waals surface area contributed by atoms with Gasteiger partial charge in [-0.1, -0.05) is 6.07 Å². The summed E-state index contributed by atoms with van der Waals surface area (Å²) in [6.45, 7) is 4.83. The summed E-state index contributed by atoms with van der Waals surface area (Å²) >= 11 is 1.88. The molecule has 0 saturated carbocycles. The zero-order chi connectivity index (χ0) is 13.5. The maximum Gasteiger partial charge on any atom is 0.144 e. The fourth-order valence-electron chi connectivity index (χ4n) is 1.84. The van der Waals surface area contributed by atoms with E-state index in [1.165, 1.54) is 0 Å². The molecule has 1 unspecified atom stereocenters. The lowest BCUT2D eigenvalue weighted by molar-refractivity contribution is 0.342. The third kappa shape index (κ3) is 3.73. The summed E-state index contributed by atoms with van der Waals surface area (Å²) in [7, 11) is 2.09. The van der Waals surface area contributed by atoms with E-state index in [9.17, 15) is 0 Å². The van der Waals surface area contributed by atoms with Gasteiger partial charge < -0.3 is 15.4 Å². The highest BCUT2D eigenvalue weighted by Crippen LogP contribution is 2.32. The molecule has 0 heterocycles. The van der Waals surface area contributed by atoms with Gasteiger partial charge in [0.2, 0.25) is 0 Å². The molecule has 1 atom stereocenters. The second kappa shape index (κ2) is 7.41. The lowest BCUT2D eigenvalue weighted by atomic mass is 10.1. The summed E-state index contributed by atoms with van der Waals surface area (Å²) in [4.78, 5) is 2.23. The van der Waals surface area contributed by atoms with Crippen LogP contribution in [0.1, 0.15) is 20.3 Å². The fraction of sp³-hybridized carbons (Fsp3) is 0.571. The molecule has 1 aromatic rings. The average Bonchev–Trinajstić information content (AvgIpc) is 2.38. The summed E-state index contributed by atoms with van der Waals surface area (Å²) in [5.41, 5.74) is 7.95. The predicted molar refractivity (Wildman–Crippen MR) is 82.9 cm³/mol. The lowest BCUT2D eigenvalue weighted by Crippen LogP contribution is -2.30. The Morgan fingerprint density at radius 1 is 1.44 bits per heavy atom. The lowest BCUT2D eigenvalue weighted by Gasteiger charge is -2.28. The second-order valence-electron chi connectivity index (χ2n) is 4.36. The quantitative estimate of drug-likeness (QED) is 0.770. The van der Waals surface area contributed by atoms with Crippen LogP contribution in [0.4, 0.5) is 11.4 Å². The fourth-order valence-corrected chi connectivity index (χ4v) is 2.42. The maximum absolute atomic E-state index is 6.16. The molecule has 0 aliphatic heterocycles. The first-order valence-electron chi connectivity index (χ1n) is 6.34. The van der Waals surface area contributed by atoms with Crippen molar-refractivity contribution in [1.82, 2.24) is 0 Å². The van der Waals surface area contributed by atoms with Crippen molar-refractivity contribution in [2.75, 3.05) is 36.3 Å². The van der Waals surface area contributed by atoms with Crippen LogP contribution in [0.15, 0.2) is 18.2 Å². The molecule has 0 radical (unpaired) electrons. The number of nitrogens with zero attached hydrogens (tertiary/aromatic N) is 1. The molecule has 0 aliphatic carbocycles. The Morgan fingerprint density at radius 2 is 2.17 bits per heavy atom. The van der Waals surface area contributed by atoms with E-state index in [4.69, 9.17) is 10.5 Å². The molecule has 0 aromatic heterocycles. The molecule has 0 bridgehead atoms. The number of hydrogen-bond acceptors (Lipinski definition) is 4. The zero-order valence-electron chi connectivity index (χ0n) is 11.8. The molecule has 3 nitrogen and oxygen atoms in total. The monoisotopic (exact) mass is 268 g/mol. The molecule has 1 aromatic carbocycles. The van der Waals surface area contributed by atoms with E-state index in [2.05, 4.69) is 25.1 Å². The van der Waals surface area contributed by atoms with Crippen LogP contribution in [0, 0.1) is 0 Å². The molecule has 18 heavy (non-hydrogen) atoms. The highest BCUT2D eigenvalue weighted by Gasteiger charge is 2.14. The SMILES string of the molecule is CCOc1cccc(N(C)C(C)CCSC)c1N. The Hall–Kier alpha value is -1.03. The van der Waals surface area contributed by atoms with Gasteiger partial charge in [0.05, 0.1) is 18.0 Å². The number of ether oxygens (including phenoxy) is 1. The summed E-state index contributed by atoms with van der Waals surface area (Å²) in [5.74, 6) is 1.94. The number of nitrogens with two attached hydrogens (primary N) is 1. The molecule has 0 fully saturated rings. The number of rotatable bonds is 7. The van der Waals surface area contributed by atoms with Crippen LogP contribution in [-0.2, 0) is 0 Å². The van der Waals surface area contributed by atoms with E-state index in [-0.39, 0.29) is 0 Å². The van der Waals surface area contributed by atoms with Crippen LogP contribution in [-0.4, -0.2) is 31.7 Å². The third-order valence-electron chi connectivity index (χ3n) is 3.12. The first-order chi connectivity index (χ1) is 8.61. The largest absolute Gasteiger partial charge is 0.492 e. The first-order valence-corrected chi connectivity index (χ1v) is 7.74. The van der Waals surface area contributed by atoms with Gasteiger partial charge in [0.25, 0.3) is 0 Å². The molecule has 4 heteroatoms. The van der Waals surface area contributed by atoms with Crippen LogP contribution in [0.3, 0.4) is 0 Å². The smallest absolute Gasteiger partial charge is 0.144 e. The van der Waals surface area contributed by atoms with E-state index >= 15 is 0 Å². The van der Waals surface area contributed by atoms with Crippen molar-refractivity contribution in [2.45, 2.75) is 26.3 Å². The average molecular weight is 268 g/mol. The summed E-state index contributed by atoms with van der Waals surface area (Å²) < 4.78 is 5.53. The van der Waals surface area contributed by atoms with Crippen LogP contribution in [0.5, 0.6) is 5.75 Å². The van der Waals surface area contributed by atoms with E-state index in [1.54, 1.807) is 0 Å². The maximum atomic E-state index is 6.16. The Labute approximate surface area is 115 Å². The van der Waals surface area contributed by atoms with Gasteiger partial charge >= 0.3 is 0 Å². The van der Waals surface area contributed by atoms with Gasteiger partial charge in [-0.25, -0.2) is 0 Å². The van der Waals surface area contributed by atoms with E-state index < -0.39 is 0 Å². The number of hydrogen-bond donors (Lipinski definition) is 1. The molecule has 0 saturated heterocycles. The number of benzene rings is 1. The molecular weight excluding hydrogens is 244 g/mol. The standard InChI is InChI=1S/C14H24N2OS/c1-5-17-13-8-6-7-12(14(13)15)16(3)11(2)9-10-18-4/h6-8,11H,5,9-10,15H2,1-4H3.